The molecule has 82 valence electrons. The molecule has 0 aliphatic rings. The van der Waals surface area contributed by atoms with Crippen molar-refractivity contribution in [1.82, 2.24) is 9.55 Å². The molecule has 0 spiro atoms. The highest BCUT2D eigenvalue weighted by molar-refractivity contribution is 5.74. The molecule has 2 rings (SSSR count). The smallest absolute Gasteiger partial charge is 0.183 e. The number of imidazole rings is 1. The van der Waals surface area contributed by atoms with Gasteiger partial charge in [-0.25, -0.2) is 9.37 Å². The van der Waals surface area contributed by atoms with Crippen molar-refractivity contribution in [1.29, 1.82) is 0 Å². The predicted molar refractivity (Wildman–Crippen MR) is 58.0 cm³/mol. The van der Waals surface area contributed by atoms with Gasteiger partial charge in [0.05, 0.1) is 0 Å². The Bertz CT molecular complexity index is 490. The summed E-state index contributed by atoms with van der Waals surface area (Å²) in [6, 6.07) is 6.39. The molecule has 2 aromatic rings. The SMILES string of the molecule is Cn1ccnc1C(F)c1ccc(C=O)cc1. The van der Waals surface area contributed by atoms with Gasteiger partial charge in [-0.05, 0) is 5.56 Å². The minimum atomic E-state index is -1.26. The van der Waals surface area contributed by atoms with Gasteiger partial charge < -0.3 is 4.57 Å². The van der Waals surface area contributed by atoms with Crippen LogP contribution in [-0.4, -0.2) is 15.8 Å². The molecular formula is C12H11FN2O. The van der Waals surface area contributed by atoms with Gasteiger partial charge >= 0.3 is 0 Å². The van der Waals surface area contributed by atoms with E-state index in [-0.39, 0.29) is 0 Å². The molecule has 1 heterocycles. The van der Waals surface area contributed by atoms with E-state index in [0.717, 1.165) is 6.29 Å². The third-order valence-electron chi connectivity index (χ3n) is 2.45. The fraction of sp³-hybridized carbons (Fsp3) is 0.167. The summed E-state index contributed by atoms with van der Waals surface area (Å²) in [7, 11) is 1.74. The van der Waals surface area contributed by atoms with Crippen molar-refractivity contribution in [3.05, 3.63) is 53.6 Å². The quantitative estimate of drug-likeness (QED) is 0.741. The van der Waals surface area contributed by atoms with Crippen LogP contribution in [0.3, 0.4) is 0 Å². The molecule has 1 unspecified atom stereocenters. The summed E-state index contributed by atoms with van der Waals surface area (Å²) in [6.07, 6.45) is 2.72. The van der Waals surface area contributed by atoms with Crippen LogP contribution in [0.1, 0.15) is 27.9 Å². The zero-order valence-corrected chi connectivity index (χ0v) is 8.80. The molecule has 0 aliphatic carbocycles. The van der Waals surface area contributed by atoms with Crippen molar-refractivity contribution in [3.63, 3.8) is 0 Å². The number of halogens is 1. The van der Waals surface area contributed by atoms with Crippen molar-refractivity contribution < 1.29 is 9.18 Å². The van der Waals surface area contributed by atoms with Crippen LogP contribution in [-0.2, 0) is 7.05 Å². The van der Waals surface area contributed by atoms with E-state index in [9.17, 15) is 9.18 Å². The molecule has 0 aliphatic heterocycles. The lowest BCUT2D eigenvalue weighted by atomic mass is 10.1. The van der Waals surface area contributed by atoms with Crippen molar-refractivity contribution >= 4 is 6.29 Å². The van der Waals surface area contributed by atoms with Gasteiger partial charge in [0.1, 0.15) is 12.1 Å². The van der Waals surface area contributed by atoms with Crippen LogP contribution in [0.15, 0.2) is 36.7 Å². The summed E-state index contributed by atoms with van der Waals surface area (Å²) in [5.74, 6) is 0.360. The molecule has 0 bridgehead atoms. The molecule has 0 N–H and O–H groups in total. The summed E-state index contributed by atoms with van der Waals surface area (Å²) in [5.41, 5.74) is 1.04. The zero-order valence-electron chi connectivity index (χ0n) is 8.80. The summed E-state index contributed by atoms with van der Waals surface area (Å²) in [5, 5.41) is 0. The highest BCUT2D eigenvalue weighted by atomic mass is 19.1. The maximum absolute atomic E-state index is 14.0. The number of carbonyl (C=O) groups excluding carboxylic acids is 1. The Morgan fingerprint density at radius 2 is 2.06 bits per heavy atom. The Hall–Kier alpha value is -1.97. The Morgan fingerprint density at radius 3 is 2.56 bits per heavy atom. The molecule has 0 saturated heterocycles. The second-order valence-corrected chi connectivity index (χ2v) is 3.54. The third kappa shape index (κ3) is 1.86. The first-order valence-electron chi connectivity index (χ1n) is 4.89. The fourth-order valence-corrected chi connectivity index (χ4v) is 1.51. The maximum atomic E-state index is 14.0. The normalized spacial score (nSPS) is 12.4. The van der Waals surface area contributed by atoms with Crippen LogP contribution in [0.25, 0.3) is 0 Å². The molecule has 4 heteroatoms. The standard InChI is InChI=1S/C12H11FN2O/c1-15-7-6-14-12(15)11(13)10-4-2-9(8-16)3-5-10/h2-8,11H,1H3. The predicted octanol–water partition coefficient (Wildman–Crippen LogP) is 2.29. The molecule has 0 fully saturated rings. The second-order valence-electron chi connectivity index (χ2n) is 3.54. The summed E-state index contributed by atoms with van der Waals surface area (Å²) < 4.78 is 15.7. The zero-order chi connectivity index (χ0) is 11.5. The Labute approximate surface area is 92.5 Å². The van der Waals surface area contributed by atoms with Crippen molar-refractivity contribution in [2.24, 2.45) is 7.05 Å². The summed E-state index contributed by atoms with van der Waals surface area (Å²) in [6.45, 7) is 0. The lowest BCUT2D eigenvalue weighted by Gasteiger charge is -2.08. The average molecular weight is 218 g/mol. The molecule has 1 aromatic carbocycles. The highest BCUT2D eigenvalue weighted by Crippen LogP contribution is 2.24. The molecule has 3 nitrogen and oxygen atoms in total. The molecular weight excluding hydrogens is 207 g/mol. The molecule has 16 heavy (non-hydrogen) atoms. The van der Waals surface area contributed by atoms with Crippen LogP contribution in [0.4, 0.5) is 4.39 Å². The minimum absolute atomic E-state index is 0.360. The van der Waals surface area contributed by atoms with Gasteiger partial charge in [0.15, 0.2) is 6.17 Å². The Morgan fingerprint density at radius 1 is 1.38 bits per heavy atom. The van der Waals surface area contributed by atoms with Gasteiger partial charge in [-0.1, -0.05) is 24.3 Å². The lowest BCUT2D eigenvalue weighted by Crippen LogP contribution is -2.03. The first-order chi connectivity index (χ1) is 7.72. The van der Waals surface area contributed by atoms with E-state index >= 15 is 0 Å². The monoisotopic (exact) mass is 218 g/mol. The van der Waals surface area contributed by atoms with Gasteiger partial charge in [0.2, 0.25) is 0 Å². The van der Waals surface area contributed by atoms with E-state index in [2.05, 4.69) is 4.98 Å². The van der Waals surface area contributed by atoms with Crippen LogP contribution < -0.4 is 0 Å². The number of aromatic nitrogens is 2. The van der Waals surface area contributed by atoms with Crippen LogP contribution >= 0.6 is 0 Å². The number of carbonyl (C=O) groups is 1. The molecule has 0 radical (unpaired) electrons. The largest absolute Gasteiger partial charge is 0.335 e. The lowest BCUT2D eigenvalue weighted by molar-refractivity contribution is 0.112. The maximum Gasteiger partial charge on any atom is 0.183 e. The molecule has 1 atom stereocenters. The number of rotatable bonds is 3. The van der Waals surface area contributed by atoms with E-state index in [4.69, 9.17) is 0 Å². The van der Waals surface area contributed by atoms with E-state index in [1.54, 1.807) is 48.3 Å². The first-order valence-corrected chi connectivity index (χ1v) is 4.89. The number of alkyl halides is 1. The van der Waals surface area contributed by atoms with Gasteiger partial charge in [-0.2, -0.15) is 0 Å². The first kappa shape index (κ1) is 10.5. The van der Waals surface area contributed by atoms with Gasteiger partial charge in [0, 0.05) is 25.0 Å². The highest BCUT2D eigenvalue weighted by Gasteiger charge is 2.16. The van der Waals surface area contributed by atoms with Crippen molar-refractivity contribution in [3.8, 4) is 0 Å². The van der Waals surface area contributed by atoms with Gasteiger partial charge in [0.25, 0.3) is 0 Å². The number of nitrogens with zero attached hydrogens (tertiary/aromatic N) is 2. The third-order valence-corrected chi connectivity index (χ3v) is 2.45. The molecule has 1 aromatic heterocycles. The van der Waals surface area contributed by atoms with Crippen LogP contribution in [0.5, 0.6) is 0 Å². The number of hydrogen-bond acceptors (Lipinski definition) is 2. The molecule has 0 saturated carbocycles. The Kier molecular flexibility index (Phi) is 2.81. The van der Waals surface area contributed by atoms with Crippen molar-refractivity contribution in [2.45, 2.75) is 6.17 Å². The summed E-state index contributed by atoms with van der Waals surface area (Å²) in [4.78, 5) is 14.4. The van der Waals surface area contributed by atoms with E-state index in [1.807, 2.05) is 0 Å². The van der Waals surface area contributed by atoms with E-state index < -0.39 is 6.17 Å². The van der Waals surface area contributed by atoms with E-state index in [0.29, 0.717) is 17.0 Å². The number of aldehydes is 1. The second kappa shape index (κ2) is 4.26. The van der Waals surface area contributed by atoms with Gasteiger partial charge in [-0.15, -0.1) is 0 Å². The summed E-state index contributed by atoms with van der Waals surface area (Å²) >= 11 is 0. The number of hydrogen-bond donors (Lipinski definition) is 0. The molecule has 0 amide bonds. The fourth-order valence-electron chi connectivity index (χ4n) is 1.51. The van der Waals surface area contributed by atoms with Crippen molar-refractivity contribution in [2.75, 3.05) is 0 Å². The average Bonchev–Trinajstić information content (AvgIpc) is 2.75. The van der Waals surface area contributed by atoms with E-state index in [1.165, 1.54) is 0 Å². The van der Waals surface area contributed by atoms with Crippen LogP contribution in [0, 0.1) is 0 Å². The van der Waals surface area contributed by atoms with Gasteiger partial charge in [-0.3, -0.25) is 4.79 Å². The topological polar surface area (TPSA) is 34.9 Å². The minimum Gasteiger partial charge on any atom is -0.335 e. The number of benzene rings is 1. The number of aryl methyl sites for hydroxylation is 1. The Balaban J connectivity index is 2.30. The van der Waals surface area contributed by atoms with Crippen LogP contribution in [0.2, 0.25) is 0 Å².